The van der Waals surface area contributed by atoms with Crippen molar-refractivity contribution in [3.63, 3.8) is 0 Å². The highest BCUT2D eigenvalue weighted by Crippen LogP contribution is 2.24. The third kappa shape index (κ3) is 6.16. The Balaban J connectivity index is 1.34. The van der Waals surface area contributed by atoms with Crippen molar-refractivity contribution in [1.29, 1.82) is 0 Å². The normalized spacial score (nSPS) is 16.1. The lowest BCUT2D eigenvalue weighted by atomic mass is 9.87. The maximum absolute atomic E-state index is 13.3. The predicted octanol–water partition coefficient (Wildman–Crippen LogP) is 3.98. The minimum absolute atomic E-state index is 0.107. The first-order chi connectivity index (χ1) is 16.9. The maximum Gasteiger partial charge on any atom is 0.240 e. The molecule has 1 fully saturated rings. The molecule has 1 aromatic heterocycles. The number of hydrogen-bond acceptors (Lipinski definition) is 4. The number of hydrogen-bond donors (Lipinski definition) is 4. The number of ether oxygens (including phenoxy) is 1. The van der Waals surface area contributed by atoms with E-state index in [0.717, 1.165) is 22.0 Å². The Kier molecular flexibility index (Phi) is 8.34. The van der Waals surface area contributed by atoms with E-state index in [9.17, 15) is 9.59 Å². The number of amides is 2. The highest BCUT2D eigenvalue weighted by Gasteiger charge is 2.41. The second-order valence-corrected chi connectivity index (χ2v) is 9.71. The number of aromatic nitrogens is 1. The summed E-state index contributed by atoms with van der Waals surface area (Å²) in [7, 11) is 0. The fraction of sp³-hybridized carbons (Fsp3) is 0.385. The molecule has 2 amide bonds. The molecule has 0 aliphatic carbocycles. The summed E-state index contributed by atoms with van der Waals surface area (Å²) < 4.78 is 5.51. The summed E-state index contributed by atoms with van der Waals surface area (Å²) in [5, 5.41) is 11.4. The fourth-order valence-electron chi connectivity index (χ4n) is 4.45. The Bertz CT molecular complexity index is 1190. The van der Waals surface area contributed by atoms with Crippen LogP contribution in [0.3, 0.4) is 0 Å². The maximum atomic E-state index is 13.3. The zero-order valence-corrected chi connectivity index (χ0v) is 21.1. The summed E-state index contributed by atoms with van der Waals surface area (Å²) in [6, 6.07) is 12.8. The van der Waals surface area contributed by atoms with Gasteiger partial charge < -0.3 is 20.4 Å². The van der Waals surface area contributed by atoms with Gasteiger partial charge in [-0.1, -0.05) is 47.5 Å². The van der Waals surface area contributed by atoms with E-state index in [4.69, 9.17) is 27.9 Å². The molecule has 0 unspecified atom stereocenters. The largest absolute Gasteiger partial charge is 0.381 e. The van der Waals surface area contributed by atoms with Crippen molar-refractivity contribution >= 4 is 45.9 Å². The van der Waals surface area contributed by atoms with Crippen molar-refractivity contribution in [3.8, 4) is 0 Å². The van der Waals surface area contributed by atoms with Gasteiger partial charge >= 0.3 is 0 Å². The van der Waals surface area contributed by atoms with Crippen molar-refractivity contribution in [1.82, 2.24) is 20.9 Å². The van der Waals surface area contributed by atoms with Crippen LogP contribution in [0, 0.1) is 0 Å². The van der Waals surface area contributed by atoms with E-state index in [1.165, 1.54) is 0 Å². The van der Waals surface area contributed by atoms with Crippen LogP contribution < -0.4 is 16.0 Å². The van der Waals surface area contributed by atoms with Crippen LogP contribution in [0.25, 0.3) is 10.9 Å². The van der Waals surface area contributed by atoms with Gasteiger partial charge in [0, 0.05) is 43.4 Å². The Morgan fingerprint density at radius 1 is 1.09 bits per heavy atom. The van der Waals surface area contributed by atoms with Crippen LogP contribution in [0.2, 0.25) is 10.0 Å². The number of fused-ring (bicyclic) bond motifs is 1. The molecule has 1 aliphatic heterocycles. The molecule has 1 saturated heterocycles. The van der Waals surface area contributed by atoms with Gasteiger partial charge in [-0.2, -0.15) is 0 Å². The van der Waals surface area contributed by atoms with E-state index in [2.05, 4.69) is 27.0 Å². The Labute approximate surface area is 214 Å². The van der Waals surface area contributed by atoms with E-state index >= 15 is 0 Å². The molecule has 1 atom stereocenters. The monoisotopic (exact) mass is 516 g/mol. The minimum Gasteiger partial charge on any atom is -0.381 e. The summed E-state index contributed by atoms with van der Waals surface area (Å²) in [5.41, 5.74) is 2.22. The van der Waals surface area contributed by atoms with E-state index in [1.54, 1.807) is 19.1 Å². The fourth-order valence-corrected chi connectivity index (χ4v) is 4.77. The summed E-state index contributed by atoms with van der Waals surface area (Å²) in [4.78, 5) is 29.4. The SMILES string of the molecule is C[C@H](NC1(C(=O)NCCc2c[nH]c3ccccc23)CCOCC1)C(=O)NCc1ccc(Cl)c(Cl)c1. The van der Waals surface area contributed by atoms with Crippen LogP contribution >= 0.6 is 23.2 Å². The van der Waals surface area contributed by atoms with Crippen LogP contribution in [0.4, 0.5) is 0 Å². The molecule has 2 aromatic carbocycles. The summed E-state index contributed by atoms with van der Waals surface area (Å²) in [6.07, 6.45) is 3.69. The van der Waals surface area contributed by atoms with E-state index in [1.807, 2.05) is 30.5 Å². The standard InChI is InChI=1S/C26H30Cl2N4O3/c1-17(24(33)31-15-18-6-7-21(27)22(28)14-18)32-26(9-12-35-13-10-26)25(34)29-11-8-19-16-30-23-5-3-2-4-20(19)23/h2-7,14,16-17,30,32H,8-13,15H2,1H3,(H,29,34)(H,31,33)/t17-/m0/s1. The predicted molar refractivity (Wildman–Crippen MR) is 139 cm³/mol. The van der Waals surface area contributed by atoms with Gasteiger partial charge in [-0.3, -0.25) is 14.9 Å². The zero-order valence-electron chi connectivity index (χ0n) is 19.6. The van der Waals surface area contributed by atoms with Gasteiger partial charge in [0.15, 0.2) is 0 Å². The Morgan fingerprint density at radius 2 is 1.86 bits per heavy atom. The second kappa shape index (κ2) is 11.4. The van der Waals surface area contributed by atoms with Crippen LogP contribution in [-0.4, -0.2) is 48.1 Å². The quantitative estimate of drug-likeness (QED) is 0.346. The average Bonchev–Trinajstić information content (AvgIpc) is 3.28. The van der Waals surface area contributed by atoms with Gasteiger partial charge in [-0.25, -0.2) is 0 Å². The van der Waals surface area contributed by atoms with Gasteiger partial charge in [0.1, 0.15) is 5.54 Å². The highest BCUT2D eigenvalue weighted by molar-refractivity contribution is 6.42. The number of halogens is 2. The van der Waals surface area contributed by atoms with Gasteiger partial charge in [0.2, 0.25) is 11.8 Å². The number of benzene rings is 2. The van der Waals surface area contributed by atoms with Crippen LogP contribution in [0.5, 0.6) is 0 Å². The van der Waals surface area contributed by atoms with Gasteiger partial charge in [-0.15, -0.1) is 0 Å². The molecule has 9 heteroatoms. The molecule has 4 rings (SSSR count). The second-order valence-electron chi connectivity index (χ2n) is 8.89. The smallest absolute Gasteiger partial charge is 0.240 e. The van der Waals surface area contributed by atoms with Gasteiger partial charge in [0.25, 0.3) is 0 Å². The minimum atomic E-state index is -0.862. The van der Waals surface area contributed by atoms with Crippen molar-refractivity contribution in [2.45, 2.75) is 44.3 Å². The van der Waals surface area contributed by atoms with E-state index < -0.39 is 11.6 Å². The first kappa shape index (κ1) is 25.5. The molecule has 35 heavy (non-hydrogen) atoms. The molecule has 0 bridgehead atoms. The molecule has 1 aliphatic rings. The number of H-pyrrole nitrogens is 1. The first-order valence-electron chi connectivity index (χ1n) is 11.8. The van der Waals surface area contributed by atoms with Crippen molar-refractivity contribution in [3.05, 3.63) is 69.8 Å². The first-order valence-corrected chi connectivity index (χ1v) is 12.5. The Morgan fingerprint density at radius 3 is 2.63 bits per heavy atom. The number of aromatic amines is 1. The lowest BCUT2D eigenvalue weighted by Crippen LogP contribution is -2.64. The number of nitrogens with one attached hydrogen (secondary N) is 4. The molecule has 186 valence electrons. The molecule has 2 heterocycles. The van der Waals surface area contributed by atoms with Crippen molar-refractivity contribution in [2.24, 2.45) is 0 Å². The number of carbonyl (C=O) groups excluding carboxylic acids is 2. The molecular weight excluding hydrogens is 487 g/mol. The molecule has 3 aromatic rings. The lowest BCUT2D eigenvalue weighted by molar-refractivity contribution is -0.133. The molecular formula is C26H30Cl2N4O3. The third-order valence-electron chi connectivity index (χ3n) is 6.47. The van der Waals surface area contributed by atoms with E-state index in [-0.39, 0.29) is 11.8 Å². The topological polar surface area (TPSA) is 95.2 Å². The van der Waals surface area contributed by atoms with Crippen LogP contribution in [0.15, 0.2) is 48.7 Å². The zero-order chi connectivity index (χ0) is 24.8. The number of carbonyl (C=O) groups is 2. The molecule has 0 saturated carbocycles. The Hall–Kier alpha value is -2.58. The highest BCUT2D eigenvalue weighted by atomic mass is 35.5. The van der Waals surface area contributed by atoms with E-state index in [0.29, 0.717) is 55.6 Å². The molecule has 0 radical (unpaired) electrons. The van der Waals surface area contributed by atoms with Crippen molar-refractivity contribution < 1.29 is 14.3 Å². The van der Waals surface area contributed by atoms with Crippen LogP contribution in [0.1, 0.15) is 30.9 Å². The molecule has 0 spiro atoms. The lowest BCUT2D eigenvalue weighted by Gasteiger charge is -2.38. The van der Waals surface area contributed by atoms with Gasteiger partial charge in [-0.05, 0) is 55.5 Å². The average molecular weight is 517 g/mol. The van der Waals surface area contributed by atoms with Crippen molar-refractivity contribution in [2.75, 3.05) is 19.8 Å². The third-order valence-corrected chi connectivity index (χ3v) is 7.21. The summed E-state index contributed by atoms with van der Waals surface area (Å²) >= 11 is 12.0. The number of para-hydroxylation sites is 1. The van der Waals surface area contributed by atoms with Gasteiger partial charge in [0.05, 0.1) is 16.1 Å². The van der Waals surface area contributed by atoms with Crippen LogP contribution in [-0.2, 0) is 27.3 Å². The molecule has 7 nitrogen and oxygen atoms in total. The molecule has 4 N–H and O–H groups in total. The summed E-state index contributed by atoms with van der Waals surface area (Å²) in [6.45, 7) is 3.50. The summed E-state index contributed by atoms with van der Waals surface area (Å²) in [5.74, 6) is -0.307. The number of rotatable bonds is 9.